The zero-order valence-corrected chi connectivity index (χ0v) is 25.1. The molecule has 7 nitrogen and oxygen atoms in total. The molecule has 0 bridgehead atoms. The molecule has 0 saturated carbocycles. The summed E-state index contributed by atoms with van der Waals surface area (Å²) in [6.07, 6.45) is 3.87. The van der Waals surface area contributed by atoms with Crippen molar-refractivity contribution in [3.63, 3.8) is 0 Å². The average Bonchev–Trinajstić information content (AvgIpc) is 3.39. The monoisotopic (exact) mass is 561 g/mol. The number of aromatic nitrogens is 2. The molecule has 1 aromatic heterocycles. The number of amides is 2. The van der Waals surface area contributed by atoms with E-state index in [1.807, 2.05) is 91.6 Å². The SMILES string of the molecule is Cc1ccc(-n2nc(C(C)(C)C)cc2NC(=O)/C=C/c2ccc(CN3CCC(=O)N(c4ccccc4C)C3)cc2)cc1. The van der Waals surface area contributed by atoms with Gasteiger partial charge in [0.1, 0.15) is 5.82 Å². The Morgan fingerprint density at radius 1 is 0.976 bits per heavy atom. The van der Waals surface area contributed by atoms with Gasteiger partial charge in [-0.1, -0.05) is 80.9 Å². The molecule has 7 heteroatoms. The summed E-state index contributed by atoms with van der Waals surface area (Å²) in [4.78, 5) is 29.7. The van der Waals surface area contributed by atoms with Gasteiger partial charge < -0.3 is 5.32 Å². The summed E-state index contributed by atoms with van der Waals surface area (Å²) in [6, 6.07) is 26.2. The number of hydrogen-bond donors (Lipinski definition) is 1. The molecule has 216 valence electrons. The van der Waals surface area contributed by atoms with Gasteiger partial charge in [0.25, 0.3) is 0 Å². The number of carbonyl (C=O) groups is 2. The number of anilines is 2. The first kappa shape index (κ1) is 29.0. The van der Waals surface area contributed by atoms with Crippen LogP contribution in [0.2, 0.25) is 0 Å². The third-order valence-corrected chi connectivity index (χ3v) is 7.51. The molecule has 0 radical (unpaired) electrons. The summed E-state index contributed by atoms with van der Waals surface area (Å²) in [5.74, 6) is 0.575. The number of nitrogens with one attached hydrogen (secondary N) is 1. The Morgan fingerprint density at radius 2 is 1.69 bits per heavy atom. The van der Waals surface area contributed by atoms with E-state index in [0.717, 1.165) is 52.4 Å². The smallest absolute Gasteiger partial charge is 0.249 e. The van der Waals surface area contributed by atoms with Crippen LogP contribution in [0.25, 0.3) is 11.8 Å². The first-order chi connectivity index (χ1) is 20.1. The number of para-hydroxylation sites is 1. The summed E-state index contributed by atoms with van der Waals surface area (Å²) in [5.41, 5.74) is 6.97. The molecule has 0 spiro atoms. The molecule has 0 aliphatic carbocycles. The maximum atomic E-state index is 12.9. The lowest BCUT2D eigenvalue weighted by Crippen LogP contribution is -2.48. The van der Waals surface area contributed by atoms with E-state index in [9.17, 15) is 9.59 Å². The van der Waals surface area contributed by atoms with Crippen molar-refractivity contribution in [1.29, 1.82) is 0 Å². The van der Waals surface area contributed by atoms with Gasteiger partial charge in [0.2, 0.25) is 11.8 Å². The van der Waals surface area contributed by atoms with E-state index >= 15 is 0 Å². The maximum Gasteiger partial charge on any atom is 0.249 e. The van der Waals surface area contributed by atoms with Gasteiger partial charge in [-0.15, -0.1) is 0 Å². The fourth-order valence-electron chi connectivity index (χ4n) is 5.00. The molecule has 42 heavy (non-hydrogen) atoms. The van der Waals surface area contributed by atoms with Crippen molar-refractivity contribution in [3.05, 3.63) is 113 Å². The molecule has 3 aromatic carbocycles. The minimum atomic E-state index is -0.220. The second-order valence-corrected chi connectivity index (χ2v) is 12.0. The van der Waals surface area contributed by atoms with Gasteiger partial charge in [0.15, 0.2) is 0 Å². The van der Waals surface area contributed by atoms with Crippen LogP contribution in [0.1, 0.15) is 55.1 Å². The fourth-order valence-corrected chi connectivity index (χ4v) is 5.00. The van der Waals surface area contributed by atoms with E-state index in [-0.39, 0.29) is 17.2 Å². The normalized spacial score (nSPS) is 14.5. The molecule has 1 fully saturated rings. The molecule has 0 atom stereocenters. The third kappa shape index (κ3) is 6.86. The molecule has 1 aliphatic rings. The van der Waals surface area contributed by atoms with E-state index in [0.29, 0.717) is 18.9 Å². The van der Waals surface area contributed by atoms with Gasteiger partial charge >= 0.3 is 0 Å². The van der Waals surface area contributed by atoms with E-state index < -0.39 is 0 Å². The Balaban J connectivity index is 1.23. The molecule has 2 heterocycles. The van der Waals surface area contributed by atoms with Gasteiger partial charge in [-0.05, 0) is 54.8 Å². The topological polar surface area (TPSA) is 70.5 Å². The van der Waals surface area contributed by atoms with Crippen LogP contribution >= 0.6 is 0 Å². The van der Waals surface area contributed by atoms with Crippen LogP contribution in [0.5, 0.6) is 0 Å². The highest BCUT2D eigenvalue weighted by atomic mass is 16.2. The first-order valence-corrected chi connectivity index (χ1v) is 14.4. The summed E-state index contributed by atoms with van der Waals surface area (Å²) < 4.78 is 1.79. The molecule has 5 rings (SSSR count). The predicted molar refractivity (Wildman–Crippen MR) is 170 cm³/mol. The van der Waals surface area contributed by atoms with Gasteiger partial charge in [-0.3, -0.25) is 19.4 Å². The third-order valence-electron chi connectivity index (χ3n) is 7.51. The van der Waals surface area contributed by atoms with Crippen molar-refractivity contribution in [1.82, 2.24) is 14.7 Å². The van der Waals surface area contributed by atoms with E-state index in [4.69, 9.17) is 5.10 Å². The van der Waals surface area contributed by atoms with Gasteiger partial charge in [0.05, 0.1) is 18.1 Å². The molecule has 1 saturated heterocycles. The standard InChI is InChI=1S/C35H39N5O2/c1-25-10-17-29(18-11-25)40-32(22-31(37-40)35(3,4)5)36-33(41)19-16-27-12-14-28(15-13-27)23-38-21-20-34(42)39(24-38)30-9-7-6-8-26(30)2/h6-19,22H,20-21,23-24H2,1-5H3,(H,36,41)/b19-16+. The zero-order chi connectivity index (χ0) is 29.9. The zero-order valence-electron chi connectivity index (χ0n) is 25.1. The highest BCUT2D eigenvalue weighted by Gasteiger charge is 2.26. The summed E-state index contributed by atoms with van der Waals surface area (Å²) in [5, 5.41) is 7.81. The Morgan fingerprint density at radius 3 is 2.38 bits per heavy atom. The molecule has 1 N–H and O–H groups in total. The fraction of sp³-hybridized carbons (Fsp3) is 0.286. The van der Waals surface area contributed by atoms with Crippen molar-refractivity contribution >= 4 is 29.4 Å². The predicted octanol–water partition coefficient (Wildman–Crippen LogP) is 6.63. The van der Waals surface area contributed by atoms with Crippen molar-refractivity contribution in [2.75, 3.05) is 23.4 Å². The van der Waals surface area contributed by atoms with Gasteiger partial charge in [0, 0.05) is 42.8 Å². The Hall–Kier alpha value is -4.49. The molecule has 0 unspecified atom stereocenters. The Labute approximate surface area is 248 Å². The highest BCUT2D eigenvalue weighted by molar-refractivity contribution is 6.01. The average molecular weight is 562 g/mol. The number of carbonyl (C=O) groups excluding carboxylic acids is 2. The lowest BCUT2D eigenvalue weighted by molar-refractivity contribution is -0.121. The summed E-state index contributed by atoms with van der Waals surface area (Å²) in [7, 11) is 0. The number of hydrogen-bond acceptors (Lipinski definition) is 4. The summed E-state index contributed by atoms with van der Waals surface area (Å²) >= 11 is 0. The second-order valence-electron chi connectivity index (χ2n) is 12.0. The van der Waals surface area contributed by atoms with Crippen LogP contribution in [0, 0.1) is 13.8 Å². The van der Waals surface area contributed by atoms with E-state index in [2.05, 4.69) is 43.1 Å². The van der Waals surface area contributed by atoms with Crippen LogP contribution < -0.4 is 10.2 Å². The maximum absolute atomic E-state index is 12.9. The quantitative estimate of drug-likeness (QED) is 0.257. The highest BCUT2D eigenvalue weighted by Crippen LogP contribution is 2.27. The van der Waals surface area contributed by atoms with Crippen LogP contribution in [0.15, 0.2) is 84.9 Å². The second kappa shape index (κ2) is 12.2. The van der Waals surface area contributed by atoms with Crippen molar-refractivity contribution in [2.45, 2.75) is 53.0 Å². The minimum absolute atomic E-state index is 0.157. The Kier molecular flexibility index (Phi) is 8.41. The molecular weight excluding hydrogens is 522 g/mol. The molecular formula is C35H39N5O2. The lowest BCUT2D eigenvalue weighted by atomic mass is 9.92. The minimum Gasteiger partial charge on any atom is -0.307 e. The van der Waals surface area contributed by atoms with Crippen molar-refractivity contribution in [3.8, 4) is 5.69 Å². The van der Waals surface area contributed by atoms with Gasteiger partial charge in [-0.25, -0.2) is 4.68 Å². The number of nitrogens with zero attached hydrogens (tertiary/aromatic N) is 4. The van der Waals surface area contributed by atoms with Crippen LogP contribution in [-0.4, -0.2) is 39.7 Å². The van der Waals surface area contributed by atoms with Gasteiger partial charge in [-0.2, -0.15) is 5.10 Å². The largest absolute Gasteiger partial charge is 0.307 e. The molecule has 4 aromatic rings. The van der Waals surface area contributed by atoms with Crippen molar-refractivity contribution in [2.24, 2.45) is 0 Å². The number of benzene rings is 3. The lowest BCUT2D eigenvalue weighted by Gasteiger charge is -2.36. The number of aryl methyl sites for hydroxylation is 2. The van der Waals surface area contributed by atoms with E-state index in [1.54, 1.807) is 10.8 Å². The Bertz CT molecular complexity index is 1590. The van der Waals surface area contributed by atoms with Crippen molar-refractivity contribution < 1.29 is 9.59 Å². The molecule has 2 amide bonds. The number of rotatable bonds is 7. The molecule has 1 aliphatic heterocycles. The first-order valence-electron chi connectivity index (χ1n) is 14.4. The van der Waals surface area contributed by atoms with Crippen LogP contribution in [0.4, 0.5) is 11.5 Å². The van der Waals surface area contributed by atoms with Crippen LogP contribution in [0.3, 0.4) is 0 Å². The summed E-state index contributed by atoms with van der Waals surface area (Å²) in [6.45, 7) is 12.5. The van der Waals surface area contributed by atoms with Crippen LogP contribution in [-0.2, 0) is 21.5 Å². The van der Waals surface area contributed by atoms with E-state index in [1.165, 1.54) is 0 Å².